The van der Waals surface area contributed by atoms with E-state index in [2.05, 4.69) is 113 Å². The van der Waals surface area contributed by atoms with E-state index in [-0.39, 0.29) is 45.5 Å². The molecule has 59 heavy (non-hydrogen) atoms. The Hall–Kier alpha value is -0.836. The molecular formula is C52H92O5Si2. The SMILES string of the molecule is CCCCCCCCC(=O)C1(C(/C=C/[C@@H](C)[C@H]2CC[C@H]3/C(=C/C=C4C[C@@H](O[Si](C)(C)C(C)(C)C)C[C@H](O[Si](C)(C)C(C)(C)C)C4)CCC[C@]23C)OC2CCCCO2)CC1. The van der Waals surface area contributed by atoms with Gasteiger partial charge < -0.3 is 18.3 Å². The third kappa shape index (κ3) is 12.5. The van der Waals surface area contributed by atoms with Gasteiger partial charge in [0.1, 0.15) is 5.78 Å². The molecule has 8 atom stereocenters. The van der Waals surface area contributed by atoms with Gasteiger partial charge in [0.05, 0.1) is 23.7 Å². The van der Waals surface area contributed by atoms with Crippen LogP contribution in [0.1, 0.15) is 191 Å². The minimum Gasteiger partial charge on any atom is -0.414 e. The number of unbranched alkanes of at least 4 members (excludes halogenated alkanes) is 5. The Bertz CT molecular complexity index is 1420. The lowest BCUT2D eigenvalue weighted by atomic mass is 9.61. The molecule has 0 aromatic heterocycles. The second-order valence-electron chi connectivity index (χ2n) is 23.5. The van der Waals surface area contributed by atoms with Crippen molar-refractivity contribution in [1.82, 2.24) is 0 Å². The number of rotatable bonds is 19. The van der Waals surface area contributed by atoms with Gasteiger partial charge in [0.25, 0.3) is 0 Å². The Morgan fingerprint density at radius 3 is 2.02 bits per heavy atom. The van der Waals surface area contributed by atoms with E-state index in [1.54, 1.807) is 5.57 Å². The Morgan fingerprint density at radius 2 is 1.44 bits per heavy atom. The summed E-state index contributed by atoms with van der Waals surface area (Å²) in [6.07, 6.45) is 32.4. The Labute approximate surface area is 366 Å². The highest BCUT2D eigenvalue weighted by Crippen LogP contribution is 2.60. The van der Waals surface area contributed by atoms with Gasteiger partial charge in [-0.25, -0.2) is 0 Å². The number of ketones is 1. The van der Waals surface area contributed by atoms with Crippen LogP contribution in [0.25, 0.3) is 0 Å². The molecule has 1 heterocycles. The molecule has 4 saturated carbocycles. The first-order chi connectivity index (χ1) is 27.6. The molecule has 5 rings (SSSR count). The van der Waals surface area contributed by atoms with Gasteiger partial charge in [0.15, 0.2) is 22.9 Å². The summed E-state index contributed by atoms with van der Waals surface area (Å²) in [6.45, 7) is 31.9. The Kier molecular flexibility index (Phi) is 17.0. The van der Waals surface area contributed by atoms with E-state index in [9.17, 15) is 4.79 Å². The zero-order chi connectivity index (χ0) is 43.3. The van der Waals surface area contributed by atoms with Crippen molar-refractivity contribution in [1.29, 1.82) is 0 Å². The maximum atomic E-state index is 13.9. The quantitative estimate of drug-likeness (QED) is 0.0736. The number of hydrogen-bond donors (Lipinski definition) is 0. The first kappa shape index (κ1) is 49.2. The zero-order valence-corrected chi connectivity index (χ0v) is 42.7. The fraction of sp³-hybridized carbons (Fsp3) is 0.865. The molecule has 5 aliphatic rings. The van der Waals surface area contributed by atoms with Gasteiger partial charge in [-0.3, -0.25) is 4.79 Å². The van der Waals surface area contributed by atoms with E-state index < -0.39 is 16.6 Å². The van der Waals surface area contributed by atoms with Crippen LogP contribution in [0.4, 0.5) is 0 Å². The Morgan fingerprint density at radius 1 is 0.814 bits per heavy atom. The number of Topliss-reactive ketones (excluding diaryl/α,β-unsaturated/α-hetero) is 1. The minimum atomic E-state index is -1.92. The topological polar surface area (TPSA) is 54.0 Å². The molecular weight excluding hydrogens is 761 g/mol. The summed E-state index contributed by atoms with van der Waals surface area (Å²) in [6, 6.07) is 0. The monoisotopic (exact) mass is 853 g/mol. The molecule has 1 aliphatic heterocycles. The maximum absolute atomic E-state index is 13.9. The summed E-state index contributed by atoms with van der Waals surface area (Å²) in [4.78, 5) is 13.9. The van der Waals surface area contributed by atoms with Crippen molar-refractivity contribution in [3.05, 3.63) is 35.5 Å². The van der Waals surface area contributed by atoms with Crippen LogP contribution < -0.4 is 0 Å². The highest BCUT2D eigenvalue weighted by atomic mass is 28.4. The first-order valence-corrected chi connectivity index (χ1v) is 30.7. The smallest absolute Gasteiger partial charge is 0.192 e. The molecule has 0 aromatic rings. The van der Waals surface area contributed by atoms with Gasteiger partial charge in [-0.15, -0.1) is 0 Å². The zero-order valence-electron chi connectivity index (χ0n) is 40.7. The van der Waals surface area contributed by atoms with E-state index >= 15 is 0 Å². The molecule has 338 valence electrons. The minimum absolute atomic E-state index is 0.177. The van der Waals surface area contributed by atoms with Crippen molar-refractivity contribution in [3.8, 4) is 0 Å². The molecule has 0 spiro atoms. The van der Waals surface area contributed by atoms with Crippen LogP contribution >= 0.6 is 0 Å². The van der Waals surface area contributed by atoms with Crippen LogP contribution in [0.3, 0.4) is 0 Å². The number of carbonyl (C=O) groups is 1. The van der Waals surface area contributed by atoms with E-state index in [1.165, 1.54) is 69.8 Å². The van der Waals surface area contributed by atoms with Crippen molar-refractivity contribution in [2.45, 2.75) is 252 Å². The van der Waals surface area contributed by atoms with E-state index in [1.807, 2.05) is 0 Å². The molecule has 0 radical (unpaired) electrons. The molecule has 5 nitrogen and oxygen atoms in total. The van der Waals surface area contributed by atoms with Crippen LogP contribution in [-0.4, -0.2) is 53.6 Å². The molecule has 4 aliphatic carbocycles. The van der Waals surface area contributed by atoms with Crippen molar-refractivity contribution in [2.75, 3.05) is 6.61 Å². The summed E-state index contributed by atoms with van der Waals surface area (Å²) >= 11 is 0. The standard InChI is InChI=1S/C52H92O5Si2/c1-14-15-16-17-18-19-24-46(53)52(33-34-52)47(55-48-25-20-21-35-54-48)31-26-39(2)44-29-30-45-41(23-22-32-51(44,45)9)28-27-40-36-42(56-58(10,11)49(3,4)5)38-43(37-40)57-59(12,13)50(6,7)8/h26-28,31,39,42-45,47-48H,14-25,29-30,32-38H2,1-13H3/b31-26+,41-28+/t39-,42-,43-,44-,45+,47?,48?,51-/m1/s1. The molecule has 1 saturated heterocycles. The molecule has 0 N–H and O–H groups in total. The predicted molar refractivity (Wildman–Crippen MR) is 254 cm³/mol. The fourth-order valence-electron chi connectivity index (χ4n) is 10.9. The summed E-state index contributed by atoms with van der Waals surface area (Å²) in [5, 5.41) is 0.372. The molecule has 0 bridgehead atoms. The summed E-state index contributed by atoms with van der Waals surface area (Å²) in [5.41, 5.74) is 3.13. The van der Waals surface area contributed by atoms with Crippen molar-refractivity contribution >= 4 is 22.4 Å². The first-order valence-electron chi connectivity index (χ1n) is 24.8. The van der Waals surface area contributed by atoms with Gasteiger partial charge >= 0.3 is 0 Å². The van der Waals surface area contributed by atoms with Gasteiger partial charge in [-0.1, -0.05) is 130 Å². The third-order valence-corrected chi connectivity index (χ3v) is 26.0. The van der Waals surface area contributed by atoms with E-state index in [4.69, 9.17) is 18.3 Å². The average molecular weight is 853 g/mol. The van der Waals surface area contributed by atoms with Crippen LogP contribution in [0, 0.1) is 28.6 Å². The second-order valence-corrected chi connectivity index (χ2v) is 33.0. The van der Waals surface area contributed by atoms with Crippen LogP contribution in [0.2, 0.25) is 36.3 Å². The van der Waals surface area contributed by atoms with Gasteiger partial charge in [-0.05, 0) is 149 Å². The van der Waals surface area contributed by atoms with Crippen molar-refractivity contribution < 1.29 is 23.1 Å². The molecule has 0 aromatic carbocycles. The molecule has 2 unspecified atom stereocenters. The second kappa shape index (κ2) is 20.3. The average Bonchev–Trinajstić information content (AvgIpc) is 3.88. The van der Waals surface area contributed by atoms with E-state index in [0.29, 0.717) is 30.0 Å². The highest BCUT2D eigenvalue weighted by Gasteiger charge is 2.56. The summed E-state index contributed by atoms with van der Waals surface area (Å²) in [7, 11) is -3.84. The lowest BCUT2D eigenvalue weighted by Crippen LogP contribution is -2.48. The summed E-state index contributed by atoms with van der Waals surface area (Å²) in [5.74, 6) is 2.13. The maximum Gasteiger partial charge on any atom is 0.192 e. The van der Waals surface area contributed by atoms with Crippen molar-refractivity contribution in [2.24, 2.45) is 28.6 Å². The molecule has 0 amide bonds. The van der Waals surface area contributed by atoms with E-state index in [0.717, 1.165) is 64.4 Å². The number of carbonyl (C=O) groups excluding carboxylic acids is 1. The largest absolute Gasteiger partial charge is 0.414 e. The third-order valence-electron chi connectivity index (χ3n) is 16.9. The molecule has 7 heteroatoms. The van der Waals surface area contributed by atoms with Gasteiger partial charge in [0.2, 0.25) is 0 Å². The normalized spacial score (nSPS) is 31.0. The van der Waals surface area contributed by atoms with Gasteiger partial charge in [0, 0.05) is 13.0 Å². The van der Waals surface area contributed by atoms with Crippen LogP contribution in [0.5, 0.6) is 0 Å². The van der Waals surface area contributed by atoms with Crippen LogP contribution in [0.15, 0.2) is 35.5 Å². The number of hydrogen-bond acceptors (Lipinski definition) is 5. The van der Waals surface area contributed by atoms with Crippen LogP contribution in [-0.2, 0) is 23.1 Å². The lowest BCUT2D eigenvalue weighted by Gasteiger charge is -2.45. The van der Waals surface area contributed by atoms with Crippen molar-refractivity contribution in [3.63, 3.8) is 0 Å². The Balaban J connectivity index is 1.30. The van der Waals surface area contributed by atoms with Gasteiger partial charge in [-0.2, -0.15) is 0 Å². The number of ether oxygens (including phenoxy) is 2. The fourth-order valence-corrected chi connectivity index (χ4v) is 13.7. The highest BCUT2D eigenvalue weighted by molar-refractivity contribution is 6.74. The lowest BCUT2D eigenvalue weighted by molar-refractivity contribution is -0.191. The number of allylic oxidation sites excluding steroid dienone is 4. The summed E-state index contributed by atoms with van der Waals surface area (Å²) < 4.78 is 27.2. The number of fused-ring (bicyclic) bond motifs is 1. The molecule has 5 fully saturated rings. The predicted octanol–water partition coefficient (Wildman–Crippen LogP) is 15.2.